The maximum Gasteiger partial charge on any atom is 0.411 e. The fourth-order valence-corrected chi connectivity index (χ4v) is 3.69. The first kappa shape index (κ1) is 21.0. The van der Waals surface area contributed by atoms with Crippen LogP contribution in [0.4, 0.5) is 4.79 Å². The summed E-state index contributed by atoms with van der Waals surface area (Å²) in [7, 11) is 1.21. The van der Waals surface area contributed by atoms with E-state index < -0.39 is 41.3 Å². The number of hydrogen-bond donors (Lipinski definition) is 0. The van der Waals surface area contributed by atoms with E-state index in [9.17, 15) is 19.2 Å². The summed E-state index contributed by atoms with van der Waals surface area (Å²) in [4.78, 5) is 51.8. The van der Waals surface area contributed by atoms with E-state index in [1.54, 1.807) is 20.8 Å². The minimum Gasteiger partial charge on any atom is -0.467 e. The molecule has 27 heavy (non-hydrogen) atoms. The number of carbonyl (C=O) groups is 4. The molecule has 0 aliphatic carbocycles. The highest BCUT2D eigenvalue weighted by molar-refractivity contribution is 5.99. The third-order valence-electron chi connectivity index (χ3n) is 4.77. The summed E-state index contributed by atoms with van der Waals surface area (Å²) in [6.07, 6.45) is -0.248. The van der Waals surface area contributed by atoms with E-state index in [0.29, 0.717) is 19.4 Å². The zero-order valence-corrected chi connectivity index (χ0v) is 16.7. The van der Waals surface area contributed by atoms with Crippen LogP contribution < -0.4 is 0 Å². The van der Waals surface area contributed by atoms with Crippen LogP contribution in [0.5, 0.6) is 0 Å². The Morgan fingerprint density at radius 3 is 2.33 bits per heavy atom. The number of β-lactam (4-membered cyclic amide) rings is 1. The molecule has 9 nitrogen and oxygen atoms in total. The molecular weight excluding hydrogens is 356 g/mol. The molecule has 1 spiro atoms. The summed E-state index contributed by atoms with van der Waals surface area (Å²) in [5, 5.41) is 0. The zero-order valence-electron chi connectivity index (χ0n) is 16.7. The van der Waals surface area contributed by atoms with Gasteiger partial charge in [-0.1, -0.05) is 0 Å². The molecule has 0 aromatic carbocycles. The Balaban J connectivity index is 2.19. The van der Waals surface area contributed by atoms with E-state index in [2.05, 4.69) is 0 Å². The van der Waals surface area contributed by atoms with Crippen LogP contribution in [0, 0.1) is 0 Å². The number of carbonyl (C=O) groups excluding carboxylic acids is 4. The summed E-state index contributed by atoms with van der Waals surface area (Å²) in [6.45, 7) is 8.62. The van der Waals surface area contributed by atoms with E-state index in [4.69, 9.17) is 14.2 Å². The van der Waals surface area contributed by atoms with Crippen molar-refractivity contribution in [2.45, 2.75) is 70.7 Å². The quantitative estimate of drug-likeness (QED) is 0.406. The molecular formula is C18H28N2O7. The SMILES string of the molecule is COC(=O)C([C@@H](C)OC(C)=O)N1CC2(CCCN2C(=O)OC(C)(C)C)C1=O. The summed E-state index contributed by atoms with van der Waals surface area (Å²) >= 11 is 0. The summed E-state index contributed by atoms with van der Waals surface area (Å²) < 4.78 is 15.3. The van der Waals surface area contributed by atoms with Crippen LogP contribution in [0.2, 0.25) is 0 Å². The van der Waals surface area contributed by atoms with Crippen molar-refractivity contribution in [2.24, 2.45) is 0 Å². The van der Waals surface area contributed by atoms with Crippen LogP contribution in [0.25, 0.3) is 0 Å². The van der Waals surface area contributed by atoms with Gasteiger partial charge in [-0.15, -0.1) is 0 Å². The first-order valence-electron chi connectivity index (χ1n) is 8.99. The molecule has 2 aliphatic rings. The fourth-order valence-electron chi connectivity index (χ4n) is 3.69. The van der Waals surface area contributed by atoms with Crippen molar-refractivity contribution in [3.8, 4) is 0 Å². The predicted molar refractivity (Wildman–Crippen MR) is 93.7 cm³/mol. The summed E-state index contributed by atoms with van der Waals surface area (Å²) in [5.74, 6) is -1.59. The third-order valence-corrected chi connectivity index (χ3v) is 4.77. The largest absolute Gasteiger partial charge is 0.467 e. The van der Waals surface area contributed by atoms with Crippen LogP contribution >= 0.6 is 0 Å². The lowest BCUT2D eigenvalue weighted by molar-refractivity contribution is -0.181. The van der Waals surface area contributed by atoms with Crippen molar-refractivity contribution in [3.63, 3.8) is 0 Å². The maximum atomic E-state index is 13.0. The molecule has 0 aromatic heterocycles. The van der Waals surface area contributed by atoms with Crippen LogP contribution in [0.1, 0.15) is 47.5 Å². The standard InChI is InChI=1S/C18H28N2O7/c1-11(26-12(2)21)13(14(22)25-6)19-10-18(15(19)23)8-7-9-20(18)16(24)27-17(3,4)5/h11,13H,7-10H2,1-6H3/t11-,13?,18?/m1/s1. The van der Waals surface area contributed by atoms with Gasteiger partial charge in [0.2, 0.25) is 0 Å². The molecule has 9 heteroatoms. The highest BCUT2D eigenvalue weighted by Gasteiger charge is 2.63. The molecule has 2 heterocycles. The van der Waals surface area contributed by atoms with Crippen molar-refractivity contribution in [3.05, 3.63) is 0 Å². The Labute approximate surface area is 158 Å². The van der Waals surface area contributed by atoms with Gasteiger partial charge in [0.15, 0.2) is 6.04 Å². The van der Waals surface area contributed by atoms with Gasteiger partial charge >= 0.3 is 18.0 Å². The Morgan fingerprint density at radius 1 is 1.22 bits per heavy atom. The molecule has 3 atom stereocenters. The summed E-state index contributed by atoms with van der Waals surface area (Å²) in [6, 6.07) is -1.06. The molecule has 2 amide bonds. The lowest BCUT2D eigenvalue weighted by atomic mass is 9.83. The van der Waals surface area contributed by atoms with Gasteiger partial charge in [-0.2, -0.15) is 0 Å². The van der Waals surface area contributed by atoms with E-state index >= 15 is 0 Å². The monoisotopic (exact) mass is 384 g/mol. The number of amides is 2. The number of hydrogen-bond acceptors (Lipinski definition) is 7. The smallest absolute Gasteiger partial charge is 0.411 e. The molecule has 152 valence electrons. The molecule has 0 saturated carbocycles. The highest BCUT2D eigenvalue weighted by atomic mass is 16.6. The third kappa shape index (κ3) is 4.01. The van der Waals surface area contributed by atoms with Gasteiger partial charge in [0, 0.05) is 13.5 Å². The second-order valence-corrected chi connectivity index (χ2v) is 7.98. The molecule has 0 bridgehead atoms. The van der Waals surface area contributed by atoms with Crippen LogP contribution in [0.3, 0.4) is 0 Å². The number of rotatable bonds is 4. The van der Waals surface area contributed by atoms with Crippen molar-refractivity contribution < 1.29 is 33.4 Å². The number of nitrogens with zero attached hydrogens (tertiary/aromatic N) is 2. The number of methoxy groups -OCH3 is 1. The Hall–Kier alpha value is -2.32. The molecule has 0 N–H and O–H groups in total. The molecule has 2 fully saturated rings. The minimum absolute atomic E-state index is 0.163. The normalized spacial score (nSPS) is 24.3. The topological polar surface area (TPSA) is 102 Å². The van der Waals surface area contributed by atoms with Crippen LogP contribution in [-0.2, 0) is 28.6 Å². The predicted octanol–water partition coefficient (Wildman–Crippen LogP) is 1.09. The average molecular weight is 384 g/mol. The fraction of sp³-hybridized carbons (Fsp3) is 0.778. The van der Waals surface area contributed by atoms with Crippen LogP contribution in [0.15, 0.2) is 0 Å². The van der Waals surface area contributed by atoms with Gasteiger partial charge in [-0.3, -0.25) is 14.5 Å². The van der Waals surface area contributed by atoms with Gasteiger partial charge in [-0.05, 0) is 40.5 Å². The summed E-state index contributed by atoms with van der Waals surface area (Å²) in [5.41, 5.74) is -1.68. The van der Waals surface area contributed by atoms with Gasteiger partial charge in [0.1, 0.15) is 17.2 Å². The van der Waals surface area contributed by atoms with Crippen molar-refractivity contribution in [1.29, 1.82) is 0 Å². The Bertz CT molecular complexity index is 642. The molecule has 2 rings (SSSR count). The van der Waals surface area contributed by atoms with E-state index in [1.807, 2.05) is 0 Å². The second-order valence-electron chi connectivity index (χ2n) is 7.98. The Kier molecular flexibility index (Phi) is 5.72. The minimum atomic E-state index is -1.06. The zero-order chi connectivity index (χ0) is 20.6. The van der Waals surface area contributed by atoms with Crippen molar-refractivity contribution in [1.82, 2.24) is 9.80 Å². The molecule has 2 saturated heterocycles. The highest BCUT2D eigenvalue weighted by Crippen LogP contribution is 2.41. The molecule has 2 unspecified atom stereocenters. The first-order valence-corrected chi connectivity index (χ1v) is 8.99. The van der Waals surface area contributed by atoms with E-state index in [0.717, 1.165) is 0 Å². The molecule has 2 aliphatic heterocycles. The average Bonchev–Trinajstić information content (AvgIpc) is 2.98. The number of likely N-dealkylation sites (tertiary alicyclic amines) is 2. The first-order chi connectivity index (χ1) is 12.4. The van der Waals surface area contributed by atoms with Gasteiger partial charge in [0.05, 0.1) is 13.7 Å². The maximum absolute atomic E-state index is 13.0. The Morgan fingerprint density at radius 2 is 1.85 bits per heavy atom. The lowest BCUT2D eigenvalue weighted by Crippen LogP contribution is -2.76. The van der Waals surface area contributed by atoms with Gasteiger partial charge < -0.3 is 19.1 Å². The van der Waals surface area contributed by atoms with Crippen molar-refractivity contribution >= 4 is 23.9 Å². The van der Waals surface area contributed by atoms with Gasteiger partial charge in [0.25, 0.3) is 5.91 Å². The van der Waals surface area contributed by atoms with Crippen molar-refractivity contribution in [2.75, 3.05) is 20.2 Å². The number of ether oxygens (including phenoxy) is 3. The lowest BCUT2D eigenvalue weighted by Gasteiger charge is -2.53. The van der Waals surface area contributed by atoms with E-state index in [1.165, 1.54) is 30.8 Å². The number of esters is 2. The molecule has 0 aromatic rings. The second kappa shape index (κ2) is 7.36. The molecule has 0 radical (unpaired) electrons. The van der Waals surface area contributed by atoms with Crippen LogP contribution in [-0.4, -0.2) is 77.2 Å². The van der Waals surface area contributed by atoms with E-state index in [-0.39, 0.29) is 12.5 Å². The van der Waals surface area contributed by atoms with Gasteiger partial charge in [-0.25, -0.2) is 9.59 Å².